The van der Waals surface area contributed by atoms with Gasteiger partial charge in [-0.25, -0.2) is 13.1 Å². The lowest BCUT2D eigenvalue weighted by atomic mass is 9.74. The van der Waals surface area contributed by atoms with Gasteiger partial charge in [-0.2, -0.15) is 5.10 Å². The molecule has 0 radical (unpaired) electrons. The van der Waals surface area contributed by atoms with Crippen LogP contribution in [0.2, 0.25) is 0 Å². The molecule has 3 aliphatic rings. The van der Waals surface area contributed by atoms with Crippen molar-refractivity contribution in [3.8, 4) is 11.3 Å². The van der Waals surface area contributed by atoms with Crippen LogP contribution in [0.5, 0.6) is 0 Å². The van der Waals surface area contributed by atoms with Gasteiger partial charge in [0.1, 0.15) is 0 Å². The van der Waals surface area contributed by atoms with Gasteiger partial charge in [-0.15, -0.1) is 0 Å². The van der Waals surface area contributed by atoms with Crippen molar-refractivity contribution >= 4 is 15.7 Å². The molecule has 2 bridgehead atoms. The molecule has 1 aromatic carbocycles. The first-order chi connectivity index (χ1) is 14.8. The maximum atomic E-state index is 12.1. The number of aromatic nitrogens is 2. The third kappa shape index (κ3) is 4.81. The van der Waals surface area contributed by atoms with Gasteiger partial charge >= 0.3 is 0 Å². The average Bonchev–Trinajstić information content (AvgIpc) is 3.14. The van der Waals surface area contributed by atoms with E-state index in [-0.39, 0.29) is 5.75 Å². The number of benzene rings is 1. The SMILES string of the molecule is CCCS(=O)(=O)NC[C@H]1C[C@H]2CCN1C[C@@H]2c1cc(-c2ccc(N(C)C)cc2)nn1C. The Morgan fingerprint density at radius 2 is 1.97 bits per heavy atom. The van der Waals surface area contributed by atoms with Crippen LogP contribution >= 0.6 is 0 Å². The van der Waals surface area contributed by atoms with E-state index in [0.717, 1.165) is 30.8 Å². The highest BCUT2D eigenvalue weighted by atomic mass is 32.2. The van der Waals surface area contributed by atoms with Gasteiger partial charge in [-0.1, -0.05) is 19.1 Å². The van der Waals surface area contributed by atoms with Crippen LogP contribution in [0.3, 0.4) is 0 Å². The molecule has 170 valence electrons. The summed E-state index contributed by atoms with van der Waals surface area (Å²) in [6.45, 7) is 4.45. The van der Waals surface area contributed by atoms with E-state index in [9.17, 15) is 8.42 Å². The molecule has 2 aromatic rings. The molecule has 3 aliphatic heterocycles. The van der Waals surface area contributed by atoms with E-state index in [2.05, 4.69) is 44.9 Å². The third-order valence-electron chi connectivity index (χ3n) is 6.87. The minimum atomic E-state index is -3.15. The van der Waals surface area contributed by atoms with Crippen LogP contribution in [0, 0.1) is 5.92 Å². The molecule has 4 heterocycles. The van der Waals surface area contributed by atoms with Crippen LogP contribution in [-0.2, 0) is 17.1 Å². The largest absolute Gasteiger partial charge is 0.378 e. The molecule has 3 saturated heterocycles. The van der Waals surface area contributed by atoms with Gasteiger partial charge in [-0.3, -0.25) is 9.58 Å². The molecule has 1 N–H and O–H groups in total. The van der Waals surface area contributed by atoms with E-state index in [1.807, 2.05) is 32.7 Å². The number of rotatable bonds is 8. The summed E-state index contributed by atoms with van der Waals surface area (Å²) < 4.78 is 29.0. The highest BCUT2D eigenvalue weighted by Crippen LogP contribution is 2.42. The monoisotopic (exact) mass is 445 g/mol. The Morgan fingerprint density at radius 1 is 1.23 bits per heavy atom. The summed E-state index contributed by atoms with van der Waals surface area (Å²) in [5.41, 5.74) is 4.62. The number of hydrogen-bond acceptors (Lipinski definition) is 5. The predicted molar refractivity (Wildman–Crippen MR) is 126 cm³/mol. The van der Waals surface area contributed by atoms with Gasteiger partial charge < -0.3 is 4.90 Å². The van der Waals surface area contributed by atoms with Crippen LogP contribution in [0.25, 0.3) is 11.3 Å². The second-order valence-electron chi connectivity index (χ2n) is 9.23. The molecular formula is C23H35N5O2S. The fourth-order valence-corrected chi connectivity index (χ4v) is 6.28. The summed E-state index contributed by atoms with van der Waals surface area (Å²) >= 11 is 0. The van der Waals surface area contributed by atoms with E-state index in [1.54, 1.807) is 0 Å². The minimum absolute atomic E-state index is 0.207. The number of piperidine rings is 3. The first-order valence-electron chi connectivity index (χ1n) is 11.3. The van der Waals surface area contributed by atoms with E-state index >= 15 is 0 Å². The fourth-order valence-electron chi connectivity index (χ4n) is 5.15. The lowest BCUT2D eigenvalue weighted by Gasteiger charge is -2.49. The van der Waals surface area contributed by atoms with Crippen molar-refractivity contribution in [3.63, 3.8) is 0 Å². The zero-order valence-electron chi connectivity index (χ0n) is 19.1. The molecule has 7 nitrogen and oxygen atoms in total. The van der Waals surface area contributed by atoms with Gasteiger partial charge in [-0.05, 0) is 49.9 Å². The highest BCUT2D eigenvalue weighted by molar-refractivity contribution is 7.89. The quantitative estimate of drug-likeness (QED) is 0.677. The van der Waals surface area contributed by atoms with Crippen molar-refractivity contribution in [2.24, 2.45) is 13.0 Å². The van der Waals surface area contributed by atoms with E-state index in [4.69, 9.17) is 5.10 Å². The van der Waals surface area contributed by atoms with Gasteiger partial charge in [0, 0.05) is 63.1 Å². The van der Waals surface area contributed by atoms with Crippen LogP contribution in [-0.4, -0.2) is 68.6 Å². The molecule has 0 aliphatic carbocycles. The Kier molecular flexibility index (Phi) is 6.42. The molecule has 1 unspecified atom stereocenters. The second kappa shape index (κ2) is 8.92. The molecule has 0 saturated carbocycles. The topological polar surface area (TPSA) is 70.5 Å². The zero-order valence-corrected chi connectivity index (χ0v) is 19.9. The average molecular weight is 446 g/mol. The molecule has 4 atom stereocenters. The van der Waals surface area contributed by atoms with Gasteiger partial charge in [0.2, 0.25) is 10.0 Å². The Bertz CT molecular complexity index is 999. The molecule has 8 heteroatoms. The summed E-state index contributed by atoms with van der Waals surface area (Å²) in [7, 11) is 2.98. The zero-order chi connectivity index (χ0) is 22.2. The minimum Gasteiger partial charge on any atom is -0.378 e. The maximum absolute atomic E-state index is 12.1. The highest BCUT2D eigenvalue weighted by Gasteiger charge is 2.42. The number of nitrogens with zero attached hydrogens (tertiary/aromatic N) is 4. The van der Waals surface area contributed by atoms with Crippen molar-refractivity contribution in [1.82, 2.24) is 19.4 Å². The molecule has 1 aromatic heterocycles. The number of hydrogen-bond donors (Lipinski definition) is 1. The third-order valence-corrected chi connectivity index (χ3v) is 8.42. The van der Waals surface area contributed by atoms with Gasteiger partial charge in [0.05, 0.1) is 11.4 Å². The lowest BCUT2D eigenvalue weighted by molar-refractivity contribution is 0.0306. The van der Waals surface area contributed by atoms with Crippen molar-refractivity contribution in [1.29, 1.82) is 0 Å². The van der Waals surface area contributed by atoms with Crippen molar-refractivity contribution in [3.05, 3.63) is 36.0 Å². The first-order valence-corrected chi connectivity index (χ1v) is 13.0. The fraction of sp³-hybridized carbons (Fsp3) is 0.609. The summed E-state index contributed by atoms with van der Waals surface area (Å²) in [4.78, 5) is 4.57. The number of anilines is 1. The van der Waals surface area contributed by atoms with Gasteiger partial charge in [0.25, 0.3) is 0 Å². The maximum Gasteiger partial charge on any atom is 0.211 e. The molecule has 0 spiro atoms. The smallest absolute Gasteiger partial charge is 0.211 e. The number of sulfonamides is 1. The molecule has 3 fully saturated rings. The van der Waals surface area contributed by atoms with Crippen molar-refractivity contribution in [2.45, 2.75) is 38.1 Å². The van der Waals surface area contributed by atoms with Crippen LogP contribution in [0.4, 0.5) is 5.69 Å². The molecule has 0 amide bonds. The predicted octanol–water partition coefficient (Wildman–Crippen LogP) is 2.66. The first kappa shape index (κ1) is 22.3. The van der Waals surface area contributed by atoms with Crippen LogP contribution < -0.4 is 9.62 Å². The van der Waals surface area contributed by atoms with E-state index < -0.39 is 10.0 Å². The number of aryl methyl sites for hydroxylation is 1. The lowest BCUT2D eigenvalue weighted by Crippen LogP contribution is -2.56. The Morgan fingerprint density at radius 3 is 2.58 bits per heavy atom. The Labute approximate surface area is 186 Å². The van der Waals surface area contributed by atoms with Crippen LogP contribution in [0.1, 0.15) is 37.8 Å². The van der Waals surface area contributed by atoms with Crippen molar-refractivity contribution < 1.29 is 8.42 Å². The van der Waals surface area contributed by atoms with Crippen LogP contribution in [0.15, 0.2) is 30.3 Å². The second-order valence-corrected chi connectivity index (χ2v) is 11.2. The number of fused-ring (bicyclic) bond motifs is 3. The molecule has 31 heavy (non-hydrogen) atoms. The van der Waals surface area contributed by atoms with Crippen molar-refractivity contribution in [2.75, 3.05) is 44.4 Å². The standard InChI is InChI=1S/C23H35N5O2S/c1-5-12-31(29,30)24-15-20-13-18-10-11-28(20)16-21(18)23-14-22(25-27(23)4)17-6-8-19(9-7-17)26(2)3/h6-9,14,18,20-21,24H,5,10-13,15-16H2,1-4H3/t18-,20-,21+/m1/s1. The molecular weight excluding hydrogens is 410 g/mol. The van der Waals surface area contributed by atoms with Gasteiger partial charge in [0.15, 0.2) is 0 Å². The molecule has 5 rings (SSSR count). The summed E-state index contributed by atoms with van der Waals surface area (Å²) in [5, 5.41) is 4.82. The normalized spacial score (nSPS) is 25.7. The van der Waals surface area contributed by atoms with E-state index in [0.29, 0.717) is 30.8 Å². The summed E-state index contributed by atoms with van der Waals surface area (Å²) in [6, 6.07) is 11.1. The Balaban J connectivity index is 1.46. The summed E-state index contributed by atoms with van der Waals surface area (Å²) in [5.74, 6) is 1.23. The number of nitrogens with one attached hydrogen (secondary N) is 1. The van der Waals surface area contributed by atoms with E-state index in [1.165, 1.54) is 17.8 Å². The summed E-state index contributed by atoms with van der Waals surface area (Å²) in [6.07, 6.45) is 2.85. The Hall–Kier alpha value is -1.90.